The lowest BCUT2D eigenvalue weighted by molar-refractivity contribution is -0.153. The summed E-state index contributed by atoms with van der Waals surface area (Å²) in [5.74, 6) is 1.62. The van der Waals surface area contributed by atoms with Crippen LogP contribution in [0.5, 0.6) is 11.5 Å². The molecule has 0 spiro atoms. The molecule has 18 heavy (non-hydrogen) atoms. The van der Waals surface area contributed by atoms with Gasteiger partial charge in [0, 0.05) is 0 Å². The molecule has 1 aromatic carbocycles. The van der Waals surface area contributed by atoms with Crippen LogP contribution in [0.4, 0.5) is 0 Å². The summed E-state index contributed by atoms with van der Waals surface area (Å²) in [6.45, 7) is 5.70. The van der Waals surface area contributed by atoms with Crippen molar-refractivity contribution in [2.75, 3.05) is 26.4 Å². The highest BCUT2D eigenvalue weighted by atomic mass is 16.5. The molecule has 0 aromatic heterocycles. The fourth-order valence-electron chi connectivity index (χ4n) is 1.73. The van der Waals surface area contributed by atoms with Crippen molar-refractivity contribution >= 4 is 0 Å². The Bertz CT molecular complexity index is 362. The van der Waals surface area contributed by atoms with Crippen LogP contribution in [0.2, 0.25) is 0 Å². The molecule has 0 amide bonds. The van der Waals surface area contributed by atoms with Crippen molar-refractivity contribution in [3.05, 3.63) is 24.3 Å². The summed E-state index contributed by atoms with van der Waals surface area (Å²) in [7, 11) is 0. The van der Waals surface area contributed by atoms with Crippen molar-refractivity contribution in [3.63, 3.8) is 0 Å². The highest BCUT2D eigenvalue weighted by molar-refractivity contribution is 5.31. The first kappa shape index (κ1) is 13.2. The Morgan fingerprint density at radius 1 is 1.22 bits per heavy atom. The van der Waals surface area contributed by atoms with Crippen LogP contribution in [0.3, 0.4) is 0 Å². The van der Waals surface area contributed by atoms with Gasteiger partial charge in [0.15, 0.2) is 0 Å². The maximum atomic E-state index is 9.28. The maximum absolute atomic E-state index is 9.28. The van der Waals surface area contributed by atoms with Crippen molar-refractivity contribution in [2.24, 2.45) is 5.41 Å². The van der Waals surface area contributed by atoms with Gasteiger partial charge >= 0.3 is 0 Å². The van der Waals surface area contributed by atoms with Gasteiger partial charge in [-0.05, 0) is 38.1 Å². The second-order valence-electron chi connectivity index (χ2n) is 5.08. The molecule has 100 valence electrons. The van der Waals surface area contributed by atoms with Crippen LogP contribution in [-0.2, 0) is 4.74 Å². The van der Waals surface area contributed by atoms with Crippen LogP contribution in [0, 0.1) is 5.41 Å². The van der Waals surface area contributed by atoms with Crippen LogP contribution in [-0.4, -0.2) is 37.6 Å². The fraction of sp³-hybridized carbons (Fsp3) is 0.571. The minimum atomic E-state index is -0.215. The summed E-state index contributed by atoms with van der Waals surface area (Å²) in [5, 5.41) is 9.28. The van der Waals surface area contributed by atoms with Gasteiger partial charge in [0.1, 0.15) is 18.1 Å². The maximum Gasteiger partial charge on any atom is 0.119 e. The second kappa shape index (κ2) is 5.59. The summed E-state index contributed by atoms with van der Waals surface area (Å²) in [6, 6.07) is 7.53. The van der Waals surface area contributed by atoms with E-state index in [9.17, 15) is 5.11 Å². The fourth-order valence-corrected chi connectivity index (χ4v) is 1.73. The monoisotopic (exact) mass is 252 g/mol. The third-order valence-electron chi connectivity index (χ3n) is 2.89. The Kier molecular flexibility index (Phi) is 4.09. The molecule has 2 rings (SSSR count). The normalized spacial score (nSPS) is 17.3. The van der Waals surface area contributed by atoms with Crippen LogP contribution < -0.4 is 9.47 Å². The zero-order valence-corrected chi connectivity index (χ0v) is 10.9. The summed E-state index contributed by atoms with van der Waals surface area (Å²) >= 11 is 0. The number of ether oxygens (including phenoxy) is 3. The highest BCUT2D eigenvalue weighted by Crippen LogP contribution is 2.28. The lowest BCUT2D eigenvalue weighted by Gasteiger charge is -2.39. The highest BCUT2D eigenvalue weighted by Gasteiger charge is 2.39. The number of benzene rings is 1. The molecule has 1 fully saturated rings. The van der Waals surface area contributed by atoms with E-state index >= 15 is 0 Å². The SMILES string of the molecule is CC(C)Oc1ccc(OCC2(CO)COC2)cc1. The van der Waals surface area contributed by atoms with E-state index in [2.05, 4.69) is 0 Å². The first-order chi connectivity index (χ1) is 8.63. The van der Waals surface area contributed by atoms with Gasteiger partial charge in [-0.25, -0.2) is 0 Å². The lowest BCUT2D eigenvalue weighted by Crippen LogP contribution is -2.49. The van der Waals surface area contributed by atoms with Crippen LogP contribution >= 0.6 is 0 Å². The van der Waals surface area contributed by atoms with Crippen molar-refractivity contribution < 1.29 is 19.3 Å². The first-order valence-corrected chi connectivity index (χ1v) is 6.22. The zero-order chi connectivity index (χ0) is 13.0. The zero-order valence-electron chi connectivity index (χ0n) is 10.9. The van der Waals surface area contributed by atoms with Crippen LogP contribution in [0.1, 0.15) is 13.8 Å². The van der Waals surface area contributed by atoms with E-state index < -0.39 is 0 Å². The van der Waals surface area contributed by atoms with Crippen molar-refractivity contribution in [2.45, 2.75) is 20.0 Å². The molecule has 0 bridgehead atoms. The molecule has 0 radical (unpaired) electrons. The smallest absolute Gasteiger partial charge is 0.119 e. The van der Waals surface area contributed by atoms with Crippen molar-refractivity contribution in [3.8, 4) is 11.5 Å². The van der Waals surface area contributed by atoms with E-state index in [-0.39, 0.29) is 18.1 Å². The number of hydrogen-bond acceptors (Lipinski definition) is 4. The molecule has 4 heteroatoms. The quantitative estimate of drug-likeness (QED) is 0.839. The summed E-state index contributed by atoms with van der Waals surface area (Å²) < 4.78 is 16.3. The summed E-state index contributed by atoms with van der Waals surface area (Å²) in [5.41, 5.74) is -0.215. The Balaban J connectivity index is 1.86. The molecule has 0 aliphatic carbocycles. The third-order valence-corrected chi connectivity index (χ3v) is 2.89. The molecule has 0 saturated carbocycles. The molecule has 1 aliphatic rings. The number of hydrogen-bond donors (Lipinski definition) is 1. The van der Waals surface area contributed by atoms with Gasteiger partial charge in [0.25, 0.3) is 0 Å². The van der Waals surface area contributed by atoms with Crippen LogP contribution in [0.15, 0.2) is 24.3 Å². The summed E-state index contributed by atoms with van der Waals surface area (Å²) in [6.07, 6.45) is 0.168. The van der Waals surface area contributed by atoms with Gasteiger partial charge in [-0.3, -0.25) is 0 Å². The average molecular weight is 252 g/mol. The molecule has 1 heterocycles. The third kappa shape index (κ3) is 3.15. The Morgan fingerprint density at radius 3 is 2.28 bits per heavy atom. The minimum Gasteiger partial charge on any atom is -0.493 e. The Hall–Kier alpha value is -1.26. The first-order valence-electron chi connectivity index (χ1n) is 6.22. The topological polar surface area (TPSA) is 47.9 Å². The van der Waals surface area contributed by atoms with Gasteiger partial charge in [0.05, 0.1) is 31.3 Å². The number of rotatable bonds is 6. The van der Waals surface area contributed by atoms with E-state index in [4.69, 9.17) is 14.2 Å². The Labute approximate surface area is 107 Å². The van der Waals surface area contributed by atoms with Gasteiger partial charge in [-0.2, -0.15) is 0 Å². The molecule has 0 atom stereocenters. The van der Waals surface area contributed by atoms with E-state index in [1.54, 1.807) is 0 Å². The molecular weight excluding hydrogens is 232 g/mol. The van der Waals surface area contributed by atoms with E-state index in [1.165, 1.54) is 0 Å². The predicted octanol–water partition coefficient (Wildman–Crippen LogP) is 1.86. The lowest BCUT2D eigenvalue weighted by atomic mass is 9.88. The van der Waals surface area contributed by atoms with Crippen molar-refractivity contribution in [1.82, 2.24) is 0 Å². The average Bonchev–Trinajstić information content (AvgIpc) is 2.30. The Morgan fingerprint density at radius 2 is 1.83 bits per heavy atom. The molecule has 1 saturated heterocycles. The standard InChI is InChI=1S/C14H20O4/c1-11(2)18-13-5-3-12(4-6-13)17-10-14(7-15)8-16-9-14/h3-6,11,15H,7-10H2,1-2H3. The van der Waals surface area contributed by atoms with Crippen molar-refractivity contribution in [1.29, 1.82) is 0 Å². The molecule has 1 N–H and O–H groups in total. The minimum absolute atomic E-state index is 0.0988. The predicted molar refractivity (Wildman–Crippen MR) is 68.0 cm³/mol. The molecule has 1 aliphatic heterocycles. The van der Waals surface area contributed by atoms with E-state index in [1.807, 2.05) is 38.1 Å². The van der Waals surface area contributed by atoms with Crippen LogP contribution in [0.25, 0.3) is 0 Å². The molecule has 4 nitrogen and oxygen atoms in total. The van der Waals surface area contributed by atoms with E-state index in [0.29, 0.717) is 19.8 Å². The molecule has 1 aromatic rings. The van der Waals surface area contributed by atoms with E-state index in [0.717, 1.165) is 11.5 Å². The summed E-state index contributed by atoms with van der Waals surface area (Å²) in [4.78, 5) is 0. The number of aliphatic hydroxyl groups excluding tert-OH is 1. The second-order valence-corrected chi connectivity index (χ2v) is 5.08. The largest absolute Gasteiger partial charge is 0.493 e. The molecular formula is C14H20O4. The number of aliphatic hydroxyl groups is 1. The van der Waals surface area contributed by atoms with Gasteiger partial charge in [-0.1, -0.05) is 0 Å². The molecule has 0 unspecified atom stereocenters. The van der Waals surface area contributed by atoms with Gasteiger partial charge in [-0.15, -0.1) is 0 Å². The van der Waals surface area contributed by atoms with Gasteiger partial charge < -0.3 is 19.3 Å². The van der Waals surface area contributed by atoms with Gasteiger partial charge in [0.2, 0.25) is 0 Å².